The molecule has 0 fully saturated rings. The summed E-state index contributed by atoms with van der Waals surface area (Å²) in [6, 6.07) is 2.97. The monoisotopic (exact) mass is 320 g/mol. The highest BCUT2D eigenvalue weighted by molar-refractivity contribution is 7.70. The zero-order valence-corrected chi connectivity index (χ0v) is 12.7. The topological polar surface area (TPSA) is 101 Å². The molecule has 21 heavy (non-hydrogen) atoms. The summed E-state index contributed by atoms with van der Waals surface area (Å²) in [5, 5.41) is 0. The van der Waals surface area contributed by atoms with E-state index < -0.39 is 32.1 Å². The summed E-state index contributed by atoms with van der Waals surface area (Å²) in [7, 11) is -3.39. The molecule has 0 bridgehead atoms. The van der Waals surface area contributed by atoms with Crippen LogP contribution in [0.2, 0.25) is 0 Å². The average Bonchev–Trinajstić information content (AvgIpc) is 2.98. The molecule has 0 N–H and O–H groups in total. The van der Waals surface area contributed by atoms with Gasteiger partial charge in [0.1, 0.15) is 0 Å². The molecular formula is C12H17O8P. The standard InChI is InChI=1S/C12H17O8P/c1-3-16-11(13)19-8-21(15,10-6-5-7-18-10)9-20-12(14)17-4-2/h5-7H,3-4,8-9H2,1-2H3. The molecule has 8 nitrogen and oxygen atoms in total. The minimum atomic E-state index is -3.39. The van der Waals surface area contributed by atoms with E-state index in [1.54, 1.807) is 13.8 Å². The van der Waals surface area contributed by atoms with Crippen molar-refractivity contribution in [3.05, 3.63) is 18.4 Å². The van der Waals surface area contributed by atoms with Crippen molar-refractivity contribution in [2.24, 2.45) is 0 Å². The first kappa shape index (κ1) is 17.1. The maximum Gasteiger partial charge on any atom is 0.508 e. The lowest BCUT2D eigenvalue weighted by Gasteiger charge is -2.15. The number of hydrogen-bond donors (Lipinski definition) is 0. The van der Waals surface area contributed by atoms with Gasteiger partial charge in [0.2, 0.25) is 7.14 Å². The van der Waals surface area contributed by atoms with Crippen LogP contribution in [0.15, 0.2) is 22.8 Å². The van der Waals surface area contributed by atoms with Gasteiger partial charge in [0.15, 0.2) is 18.2 Å². The molecule has 0 aromatic carbocycles. The highest BCUT2D eigenvalue weighted by atomic mass is 31.2. The van der Waals surface area contributed by atoms with Crippen molar-refractivity contribution in [3.63, 3.8) is 0 Å². The van der Waals surface area contributed by atoms with Gasteiger partial charge in [0.05, 0.1) is 19.5 Å². The highest BCUT2D eigenvalue weighted by Gasteiger charge is 2.32. The zero-order valence-electron chi connectivity index (χ0n) is 11.8. The van der Waals surface area contributed by atoms with Gasteiger partial charge in [-0.25, -0.2) is 9.59 Å². The Kier molecular flexibility index (Phi) is 6.81. The van der Waals surface area contributed by atoms with Crippen molar-refractivity contribution in [2.75, 3.05) is 25.9 Å². The van der Waals surface area contributed by atoms with Gasteiger partial charge in [-0.05, 0) is 26.0 Å². The lowest BCUT2D eigenvalue weighted by Crippen LogP contribution is -2.18. The van der Waals surface area contributed by atoms with Crippen LogP contribution in [0, 0.1) is 0 Å². The summed E-state index contributed by atoms with van der Waals surface area (Å²) < 4.78 is 36.4. The molecule has 0 amide bonds. The second-order valence-electron chi connectivity index (χ2n) is 3.75. The molecule has 0 atom stereocenters. The Morgan fingerprint density at radius 2 is 1.57 bits per heavy atom. The second-order valence-corrected chi connectivity index (χ2v) is 6.49. The van der Waals surface area contributed by atoms with Crippen molar-refractivity contribution in [3.8, 4) is 0 Å². The van der Waals surface area contributed by atoms with E-state index in [0.717, 1.165) is 0 Å². The molecular weight excluding hydrogens is 303 g/mol. The first-order valence-corrected chi connectivity index (χ1v) is 8.30. The molecule has 0 saturated heterocycles. The van der Waals surface area contributed by atoms with E-state index in [-0.39, 0.29) is 18.7 Å². The van der Waals surface area contributed by atoms with E-state index in [1.165, 1.54) is 18.4 Å². The van der Waals surface area contributed by atoms with Gasteiger partial charge in [-0.2, -0.15) is 0 Å². The molecule has 118 valence electrons. The van der Waals surface area contributed by atoms with Crippen LogP contribution >= 0.6 is 7.14 Å². The van der Waals surface area contributed by atoms with E-state index in [0.29, 0.717) is 0 Å². The van der Waals surface area contributed by atoms with Crippen molar-refractivity contribution >= 4 is 25.0 Å². The Hall–Kier alpha value is -1.95. The van der Waals surface area contributed by atoms with E-state index in [2.05, 4.69) is 9.47 Å². The fourth-order valence-electron chi connectivity index (χ4n) is 1.30. The minimum Gasteiger partial charge on any atom is -0.461 e. The summed E-state index contributed by atoms with van der Waals surface area (Å²) in [6.07, 6.45) is -1.60. The molecule has 1 rings (SSSR count). The lowest BCUT2D eigenvalue weighted by molar-refractivity contribution is 0.0663. The summed E-state index contributed by atoms with van der Waals surface area (Å²) in [4.78, 5) is 22.3. The second kappa shape index (κ2) is 8.36. The predicted octanol–water partition coefficient (Wildman–Crippen LogP) is 2.53. The van der Waals surface area contributed by atoms with Crippen molar-refractivity contribution in [1.29, 1.82) is 0 Å². The van der Waals surface area contributed by atoms with Crippen molar-refractivity contribution in [1.82, 2.24) is 0 Å². The van der Waals surface area contributed by atoms with Crippen LogP contribution in [0.3, 0.4) is 0 Å². The molecule has 0 aliphatic rings. The highest BCUT2D eigenvalue weighted by Crippen LogP contribution is 2.44. The average molecular weight is 320 g/mol. The number of hydrogen-bond acceptors (Lipinski definition) is 8. The molecule has 1 aromatic heterocycles. The van der Waals surface area contributed by atoms with Crippen LogP contribution in [0.4, 0.5) is 9.59 Å². The van der Waals surface area contributed by atoms with Crippen LogP contribution in [-0.2, 0) is 23.5 Å². The number of furan rings is 1. The summed E-state index contributed by atoms with van der Waals surface area (Å²) in [5.74, 6) is 0. The molecule has 0 saturated carbocycles. The van der Waals surface area contributed by atoms with Gasteiger partial charge in [0.25, 0.3) is 0 Å². The largest absolute Gasteiger partial charge is 0.508 e. The fraction of sp³-hybridized carbons (Fsp3) is 0.500. The summed E-state index contributed by atoms with van der Waals surface area (Å²) in [6.45, 7) is 3.47. The van der Waals surface area contributed by atoms with Gasteiger partial charge < -0.3 is 27.9 Å². The van der Waals surface area contributed by atoms with E-state index in [9.17, 15) is 14.2 Å². The Balaban J connectivity index is 2.70. The smallest absolute Gasteiger partial charge is 0.461 e. The van der Waals surface area contributed by atoms with Gasteiger partial charge >= 0.3 is 12.3 Å². The van der Waals surface area contributed by atoms with Gasteiger partial charge in [0, 0.05) is 0 Å². The molecule has 9 heteroatoms. The maximum absolute atomic E-state index is 12.7. The molecule has 1 heterocycles. The van der Waals surface area contributed by atoms with Crippen LogP contribution in [0.5, 0.6) is 0 Å². The van der Waals surface area contributed by atoms with Crippen molar-refractivity contribution < 1.29 is 37.5 Å². The third-order valence-electron chi connectivity index (χ3n) is 2.21. The Morgan fingerprint density at radius 3 is 1.95 bits per heavy atom. The van der Waals surface area contributed by atoms with Crippen LogP contribution in [-0.4, -0.2) is 38.2 Å². The summed E-state index contributed by atoms with van der Waals surface area (Å²) >= 11 is 0. The lowest BCUT2D eigenvalue weighted by atomic mass is 10.7. The molecule has 1 aromatic rings. The van der Waals surface area contributed by atoms with E-state index in [1.807, 2.05) is 0 Å². The Morgan fingerprint density at radius 1 is 1.05 bits per heavy atom. The molecule has 0 unspecified atom stereocenters. The Labute approximate surface area is 121 Å². The van der Waals surface area contributed by atoms with Crippen LogP contribution in [0.25, 0.3) is 0 Å². The van der Waals surface area contributed by atoms with Crippen LogP contribution in [0.1, 0.15) is 13.8 Å². The molecule has 0 aliphatic carbocycles. The van der Waals surface area contributed by atoms with E-state index >= 15 is 0 Å². The number of carbonyl (C=O) groups is 2. The first-order valence-electron chi connectivity index (χ1n) is 6.23. The molecule has 0 radical (unpaired) electrons. The fourth-order valence-corrected chi connectivity index (χ4v) is 2.87. The quantitative estimate of drug-likeness (QED) is 0.558. The van der Waals surface area contributed by atoms with Crippen molar-refractivity contribution in [2.45, 2.75) is 13.8 Å². The predicted molar refractivity (Wildman–Crippen MR) is 71.9 cm³/mol. The van der Waals surface area contributed by atoms with Gasteiger partial charge in [-0.3, -0.25) is 0 Å². The Bertz CT molecular complexity index is 469. The van der Waals surface area contributed by atoms with Gasteiger partial charge in [-0.15, -0.1) is 0 Å². The molecule has 0 aliphatic heterocycles. The first-order chi connectivity index (χ1) is 10.0. The normalized spacial score (nSPS) is 10.8. The zero-order chi connectivity index (χ0) is 15.7. The molecule has 0 spiro atoms. The number of carbonyl (C=O) groups excluding carboxylic acids is 2. The van der Waals surface area contributed by atoms with Gasteiger partial charge in [-0.1, -0.05) is 0 Å². The van der Waals surface area contributed by atoms with E-state index in [4.69, 9.17) is 13.9 Å². The maximum atomic E-state index is 12.7. The number of rotatable bonds is 7. The third-order valence-corrected chi connectivity index (χ3v) is 4.36. The van der Waals surface area contributed by atoms with Crippen LogP contribution < -0.4 is 5.50 Å². The third kappa shape index (κ3) is 5.51. The number of ether oxygens (including phenoxy) is 4. The SMILES string of the molecule is CCOC(=O)OCP(=O)(COC(=O)OCC)c1ccco1. The minimum absolute atomic E-state index is 0.0797. The summed E-state index contributed by atoms with van der Waals surface area (Å²) in [5.41, 5.74) is 0.0797.